The number of nitrogens with zero attached hydrogens (tertiary/aromatic N) is 2. The maximum atomic E-state index is 12.3. The van der Waals surface area contributed by atoms with Crippen LogP contribution in [0.25, 0.3) is 10.9 Å². The van der Waals surface area contributed by atoms with Crippen molar-refractivity contribution in [2.75, 3.05) is 0 Å². The van der Waals surface area contributed by atoms with Gasteiger partial charge in [0.25, 0.3) is 0 Å². The molecule has 114 valence electrons. The molecule has 0 aliphatic heterocycles. The number of aromatic nitrogens is 2. The van der Waals surface area contributed by atoms with Gasteiger partial charge in [-0.15, -0.1) is 11.3 Å². The zero-order valence-electron chi connectivity index (χ0n) is 13.0. The summed E-state index contributed by atoms with van der Waals surface area (Å²) in [6, 6.07) is 10.0. The van der Waals surface area contributed by atoms with E-state index in [1.54, 1.807) is 11.3 Å². The van der Waals surface area contributed by atoms with Gasteiger partial charge in [-0.1, -0.05) is 18.2 Å². The summed E-state index contributed by atoms with van der Waals surface area (Å²) in [6.07, 6.45) is 1.95. The fourth-order valence-electron chi connectivity index (χ4n) is 2.74. The molecule has 2 aromatic heterocycles. The molecule has 1 N–H and O–H groups in total. The Morgan fingerprint density at radius 2 is 2.09 bits per heavy atom. The van der Waals surface area contributed by atoms with E-state index in [1.807, 2.05) is 61.9 Å². The number of carbonyl (C=O) groups is 1. The maximum Gasteiger partial charge on any atom is 0.240 e. The van der Waals surface area contributed by atoms with Crippen molar-refractivity contribution in [2.24, 2.45) is 0 Å². The molecule has 0 unspecified atom stereocenters. The van der Waals surface area contributed by atoms with Crippen molar-refractivity contribution < 1.29 is 4.79 Å². The lowest BCUT2D eigenvalue weighted by atomic mass is 10.2. The van der Waals surface area contributed by atoms with E-state index in [4.69, 9.17) is 0 Å². The highest BCUT2D eigenvalue weighted by Gasteiger charge is 2.16. The summed E-state index contributed by atoms with van der Waals surface area (Å²) in [6.45, 7) is 6.33. The lowest BCUT2D eigenvalue weighted by Crippen LogP contribution is -2.30. The molecule has 1 atom stereocenters. The van der Waals surface area contributed by atoms with E-state index in [0.29, 0.717) is 6.54 Å². The number of carbonyl (C=O) groups excluding carboxylic acids is 1. The van der Waals surface area contributed by atoms with E-state index in [9.17, 15) is 4.79 Å². The second kappa shape index (κ2) is 5.93. The monoisotopic (exact) mass is 313 g/mol. The maximum absolute atomic E-state index is 12.3. The first-order valence-corrected chi connectivity index (χ1v) is 8.13. The third-order valence-electron chi connectivity index (χ3n) is 3.72. The highest BCUT2D eigenvalue weighted by molar-refractivity contribution is 7.11. The third-order valence-corrected chi connectivity index (χ3v) is 4.62. The molecule has 22 heavy (non-hydrogen) atoms. The molecular formula is C17H19N3OS. The van der Waals surface area contributed by atoms with Crippen LogP contribution in [0, 0.1) is 13.8 Å². The topological polar surface area (TPSA) is 46.9 Å². The summed E-state index contributed by atoms with van der Waals surface area (Å²) in [5, 5.41) is 5.22. The van der Waals surface area contributed by atoms with E-state index in [1.165, 1.54) is 0 Å². The number of hydrogen-bond acceptors (Lipinski definition) is 3. The van der Waals surface area contributed by atoms with Gasteiger partial charge in [0.2, 0.25) is 5.91 Å². The number of amides is 1. The van der Waals surface area contributed by atoms with E-state index in [0.717, 1.165) is 26.5 Å². The molecule has 4 nitrogen and oxygen atoms in total. The van der Waals surface area contributed by atoms with E-state index in [-0.39, 0.29) is 11.9 Å². The van der Waals surface area contributed by atoms with Crippen LogP contribution in [0.5, 0.6) is 0 Å². The Morgan fingerprint density at radius 1 is 1.32 bits per heavy atom. The van der Waals surface area contributed by atoms with E-state index >= 15 is 0 Å². The second-order valence-corrected chi connectivity index (χ2v) is 6.87. The van der Waals surface area contributed by atoms with Crippen molar-refractivity contribution in [2.45, 2.75) is 33.4 Å². The highest BCUT2D eigenvalue weighted by Crippen LogP contribution is 2.22. The summed E-state index contributed by atoms with van der Waals surface area (Å²) >= 11 is 1.66. The van der Waals surface area contributed by atoms with Crippen LogP contribution in [-0.4, -0.2) is 15.5 Å². The fourth-order valence-corrected chi connectivity index (χ4v) is 3.65. The fraction of sp³-hybridized carbons (Fsp3) is 0.294. The second-order valence-electron chi connectivity index (χ2n) is 5.47. The van der Waals surface area contributed by atoms with Crippen LogP contribution < -0.4 is 5.32 Å². The van der Waals surface area contributed by atoms with Crippen LogP contribution >= 0.6 is 11.3 Å². The number of para-hydroxylation sites is 1. The van der Waals surface area contributed by atoms with Crippen molar-refractivity contribution in [1.29, 1.82) is 0 Å². The molecule has 3 aromatic rings. The third kappa shape index (κ3) is 2.90. The van der Waals surface area contributed by atoms with E-state index < -0.39 is 0 Å². The Bertz CT molecular complexity index is 818. The van der Waals surface area contributed by atoms with Gasteiger partial charge in [-0.3, -0.25) is 4.79 Å². The van der Waals surface area contributed by atoms with Crippen molar-refractivity contribution in [3.8, 4) is 0 Å². The molecule has 0 saturated carbocycles. The molecule has 0 saturated heterocycles. The van der Waals surface area contributed by atoms with Crippen molar-refractivity contribution in [1.82, 2.24) is 14.9 Å². The Balaban J connectivity index is 1.71. The van der Waals surface area contributed by atoms with Gasteiger partial charge in [-0.25, -0.2) is 4.98 Å². The van der Waals surface area contributed by atoms with Gasteiger partial charge in [0.05, 0.1) is 16.7 Å². The van der Waals surface area contributed by atoms with Gasteiger partial charge in [0.15, 0.2) is 0 Å². The molecule has 0 fully saturated rings. The predicted octanol–water partition coefficient (Wildman–Crippen LogP) is 3.59. The average Bonchev–Trinajstić information content (AvgIpc) is 3.02. The summed E-state index contributed by atoms with van der Waals surface area (Å²) in [5.41, 5.74) is 2.04. The number of rotatable bonds is 4. The van der Waals surface area contributed by atoms with Crippen LogP contribution in [0.1, 0.15) is 28.5 Å². The Labute approximate surface area is 133 Å². The largest absolute Gasteiger partial charge is 0.346 e. The first-order valence-electron chi connectivity index (χ1n) is 7.32. The van der Waals surface area contributed by atoms with Crippen molar-refractivity contribution in [3.05, 3.63) is 52.1 Å². The molecule has 0 bridgehead atoms. The first kappa shape index (κ1) is 14.8. The summed E-state index contributed by atoms with van der Waals surface area (Å²) in [5.74, 6) is -0.00101. The summed E-state index contributed by atoms with van der Waals surface area (Å²) < 4.78 is 1.97. The molecule has 1 aromatic carbocycles. The molecule has 0 aliphatic rings. The SMILES string of the molecule is Cc1nc([C@@H](C)NC(=O)Cn2ccc3ccccc32)c(C)s1. The smallest absolute Gasteiger partial charge is 0.240 e. The first-order chi connectivity index (χ1) is 10.5. The molecule has 2 heterocycles. The lowest BCUT2D eigenvalue weighted by molar-refractivity contribution is -0.122. The molecule has 5 heteroatoms. The number of nitrogens with one attached hydrogen (secondary N) is 1. The zero-order valence-corrected chi connectivity index (χ0v) is 13.8. The standard InChI is InChI=1S/C17H19N3OS/c1-11(17-12(2)22-13(3)19-17)18-16(21)10-20-9-8-14-6-4-5-7-15(14)20/h4-9,11H,10H2,1-3H3,(H,18,21)/t11-/m1/s1. The van der Waals surface area contributed by atoms with Gasteiger partial charge in [0.1, 0.15) is 6.54 Å². The molecule has 0 aliphatic carbocycles. The van der Waals surface area contributed by atoms with Gasteiger partial charge in [-0.05, 0) is 38.3 Å². The van der Waals surface area contributed by atoms with Crippen LogP contribution in [0.15, 0.2) is 36.5 Å². The Kier molecular flexibility index (Phi) is 3.98. The van der Waals surface area contributed by atoms with Crippen LogP contribution in [0.3, 0.4) is 0 Å². The highest BCUT2D eigenvalue weighted by atomic mass is 32.1. The molecular weight excluding hydrogens is 294 g/mol. The summed E-state index contributed by atoms with van der Waals surface area (Å²) in [4.78, 5) is 18.0. The predicted molar refractivity (Wildman–Crippen MR) is 90.1 cm³/mol. The van der Waals surface area contributed by atoms with Crippen LogP contribution in [0.2, 0.25) is 0 Å². The minimum Gasteiger partial charge on any atom is -0.346 e. The van der Waals surface area contributed by atoms with Crippen molar-refractivity contribution in [3.63, 3.8) is 0 Å². The molecule has 3 rings (SSSR count). The Morgan fingerprint density at radius 3 is 2.82 bits per heavy atom. The van der Waals surface area contributed by atoms with Gasteiger partial charge in [0, 0.05) is 16.6 Å². The van der Waals surface area contributed by atoms with Gasteiger partial charge >= 0.3 is 0 Å². The number of hydrogen-bond donors (Lipinski definition) is 1. The number of aryl methyl sites for hydroxylation is 2. The van der Waals surface area contributed by atoms with E-state index in [2.05, 4.69) is 10.3 Å². The minimum atomic E-state index is -0.0701. The molecule has 0 spiro atoms. The quantitative estimate of drug-likeness (QED) is 0.800. The average molecular weight is 313 g/mol. The zero-order chi connectivity index (χ0) is 15.7. The van der Waals surface area contributed by atoms with Gasteiger partial charge in [-0.2, -0.15) is 0 Å². The van der Waals surface area contributed by atoms with Crippen LogP contribution in [-0.2, 0) is 11.3 Å². The van der Waals surface area contributed by atoms with Crippen molar-refractivity contribution >= 4 is 28.1 Å². The summed E-state index contributed by atoms with van der Waals surface area (Å²) in [7, 11) is 0. The van der Waals surface area contributed by atoms with Crippen LogP contribution in [0.4, 0.5) is 0 Å². The normalized spacial score (nSPS) is 12.5. The molecule has 1 amide bonds. The Hall–Kier alpha value is -2.14. The van der Waals surface area contributed by atoms with Gasteiger partial charge < -0.3 is 9.88 Å². The number of thiazole rings is 1. The number of benzene rings is 1. The minimum absolute atomic E-state index is 0.00101. The molecule has 0 radical (unpaired) electrons. The lowest BCUT2D eigenvalue weighted by Gasteiger charge is -2.13. The number of fused-ring (bicyclic) bond motifs is 1.